The molecule has 2 aromatic carbocycles. The van der Waals surface area contributed by atoms with Crippen molar-refractivity contribution >= 4 is 16.8 Å². The first-order valence-electron chi connectivity index (χ1n) is 8.91. The number of halogens is 2. The molecule has 0 aromatic heterocycles. The normalized spacial score (nSPS) is 24.7. The Kier molecular flexibility index (Phi) is 4.96. The number of hydrogen-bond donors (Lipinski definition) is 1. The van der Waals surface area contributed by atoms with E-state index < -0.39 is 11.6 Å². The van der Waals surface area contributed by atoms with Gasteiger partial charge in [-0.25, -0.2) is 8.78 Å². The molecule has 1 aliphatic carbocycles. The summed E-state index contributed by atoms with van der Waals surface area (Å²) >= 11 is 1.49. The van der Waals surface area contributed by atoms with Crippen LogP contribution in [0.25, 0.3) is 0 Å². The van der Waals surface area contributed by atoms with Crippen LogP contribution in [0.1, 0.15) is 35.8 Å². The molecule has 0 saturated heterocycles. The van der Waals surface area contributed by atoms with Crippen LogP contribution in [0.2, 0.25) is 0 Å². The first kappa shape index (κ1) is 17.5. The lowest BCUT2D eigenvalue weighted by Crippen LogP contribution is -2.22. The van der Waals surface area contributed by atoms with E-state index in [2.05, 4.69) is 17.1 Å². The summed E-state index contributed by atoms with van der Waals surface area (Å²) < 4.78 is 27.9. The van der Waals surface area contributed by atoms with E-state index in [9.17, 15) is 8.78 Å². The Labute approximate surface area is 156 Å². The van der Waals surface area contributed by atoms with Gasteiger partial charge >= 0.3 is 0 Å². The number of thioether (sulfide) groups is 1. The predicted molar refractivity (Wildman–Crippen MR) is 102 cm³/mol. The van der Waals surface area contributed by atoms with Crippen molar-refractivity contribution in [3.63, 3.8) is 0 Å². The van der Waals surface area contributed by atoms with Gasteiger partial charge < -0.3 is 5.73 Å². The van der Waals surface area contributed by atoms with Gasteiger partial charge in [-0.3, -0.25) is 5.01 Å². The minimum Gasteiger partial charge on any atom is -0.330 e. The third-order valence-electron chi connectivity index (χ3n) is 4.92. The fourth-order valence-corrected chi connectivity index (χ4v) is 4.69. The highest BCUT2D eigenvalue weighted by Gasteiger charge is 2.47. The Morgan fingerprint density at radius 3 is 2.73 bits per heavy atom. The Morgan fingerprint density at radius 1 is 1.15 bits per heavy atom. The van der Waals surface area contributed by atoms with Crippen LogP contribution in [-0.4, -0.2) is 22.6 Å². The van der Waals surface area contributed by atoms with Crippen molar-refractivity contribution in [3.8, 4) is 0 Å². The second-order valence-electron chi connectivity index (χ2n) is 6.78. The summed E-state index contributed by atoms with van der Waals surface area (Å²) in [5.74, 6) is -0.320. The van der Waals surface area contributed by atoms with Crippen LogP contribution in [0, 0.1) is 17.6 Å². The summed E-state index contributed by atoms with van der Waals surface area (Å²) in [5, 5.41) is 7.33. The summed E-state index contributed by atoms with van der Waals surface area (Å²) in [6.07, 6.45) is 3.17. The van der Waals surface area contributed by atoms with Crippen molar-refractivity contribution in [1.29, 1.82) is 0 Å². The predicted octanol–water partition coefficient (Wildman–Crippen LogP) is 4.50. The van der Waals surface area contributed by atoms with Crippen molar-refractivity contribution in [2.45, 2.75) is 30.7 Å². The molecule has 136 valence electrons. The molecule has 1 saturated carbocycles. The van der Waals surface area contributed by atoms with Crippen molar-refractivity contribution < 1.29 is 8.78 Å². The van der Waals surface area contributed by atoms with Crippen molar-refractivity contribution in [2.75, 3.05) is 6.54 Å². The second-order valence-corrected chi connectivity index (χ2v) is 7.85. The van der Waals surface area contributed by atoms with Crippen LogP contribution < -0.4 is 5.73 Å². The van der Waals surface area contributed by atoms with E-state index in [-0.39, 0.29) is 10.9 Å². The van der Waals surface area contributed by atoms with Gasteiger partial charge in [0, 0.05) is 5.56 Å². The molecule has 4 rings (SSSR count). The molecule has 3 atom stereocenters. The van der Waals surface area contributed by atoms with Crippen LogP contribution in [0.4, 0.5) is 8.78 Å². The molecule has 1 heterocycles. The third kappa shape index (κ3) is 3.48. The average Bonchev–Trinajstić information content (AvgIpc) is 3.30. The van der Waals surface area contributed by atoms with E-state index in [1.807, 2.05) is 18.2 Å². The second kappa shape index (κ2) is 7.37. The lowest BCUT2D eigenvalue weighted by molar-refractivity contribution is 0.253. The molecule has 0 radical (unpaired) electrons. The maximum Gasteiger partial charge on any atom is 0.133 e. The molecule has 1 aliphatic heterocycles. The van der Waals surface area contributed by atoms with E-state index in [1.165, 1.54) is 17.8 Å². The Bertz CT molecular complexity index is 812. The highest BCUT2D eigenvalue weighted by Crippen LogP contribution is 2.50. The number of hydrazone groups is 1. The van der Waals surface area contributed by atoms with Gasteiger partial charge in [-0.15, -0.1) is 0 Å². The molecule has 0 amide bonds. The smallest absolute Gasteiger partial charge is 0.133 e. The van der Waals surface area contributed by atoms with E-state index in [0.29, 0.717) is 23.5 Å². The molecular weight excluding hydrogens is 352 g/mol. The summed E-state index contributed by atoms with van der Waals surface area (Å²) in [7, 11) is 0. The van der Waals surface area contributed by atoms with Crippen LogP contribution in [-0.2, 0) is 0 Å². The van der Waals surface area contributed by atoms with Gasteiger partial charge in [0.25, 0.3) is 0 Å². The summed E-state index contributed by atoms with van der Waals surface area (Å²) in [5.41, 5.74) is 6.98. The van der Waals surface area contributed by atoms with E-state index in [1.54, 1.807) is 0 Å². The number of nitrogens with two attached hydrogens (primary N) is 1. The fourth-order valence-electron chi connectivity index (χ4n) is 3.45. The molecular formula is C20H21F2N3S. The van der Waals surface area contributed by atoms with Crippen molar-refractivity contribution in [2.24, 2.45) is 16.8 Å². The number of nitrogens with zero attached hydrogens (tertiary/aromatic N) is 2. The van der Waals surface area contributed by atoms with E-state index >= 15 is 0 Å². The maximum atomic E-state index is 14.2. The van der Waals surface area contributed by atoms with Crippen LogP contribution >= 0.6 is 11.8 Å². The molecule has 3 nitrogen and oxygen atoms in total. The molecule has 2 aliphatic rings. The third-order valence-corrected chi connectivity index (χ3v) is 6.15. The zero-order valence-corrected chi connectivity index (χ0v) is 15.1. The minimum absolute atomic E-state index is 0.0123. The molecule has 1 fully saturated rings. The van der Waals surface area contributed by atoms with Crippen molar-refractivity contribution in [1.82, 2.24) is 5.01 Å². The van der Waals surface area contributed by atoms with Gasteiger partial charge in [-0.1, -0.05) is 42.1 Å². The van der Waals surface area contributed by atoms with Gasteiger partial charge in [0.2, 0.25) is 0 Å². The summed E-state index contributed by atoms with van der Waals surface area (Å²) in [4.78, 5) is 0. The number of benzene rings is 2. The largest absolute Gasteiger partial charge is 0.330 e. The highest BCUT2D eigenvalue weighted by molar-refractivity contribution is 8.14. The zero-order chi connectivity index (χ0) is 18.1. The molecule has 3 unspecified atom stereocenters. The Balaban J connectivity index is 1.63. The summed E-state index contributed by atoms with van der Waals surface area (Å²) in [6, 6.07) is 13.9. The Hall–Kier alpha value is -1.92. The molecule has 2 N–H and O–H groups in total. The number of hydrogen-bond acceptors (Lipinski definition) is 4. The zero-order valence-electron chi connectivity index (χ0n) is 14.3. The maximum absolute atomic E-state index is 14.2. The summed E-state index contributed by atoms with van der Waals surface area (Å²) in [6.45, 7) is 0.698. The lowest BCUT2D eigenvalue weighted by Gasteiger charge is -2.23. The van der Waals surface area contributed by atoms with E-state index in [4.69, 9.17) is 10.8 Å². The van der Waals surface area contributed by atoms with Crippen LogP contribution in [0.5, 0.6) is 0 Å². The standard InChI is InChI=1S/C20H21F2N3S/c21-15-8-9-17(22)16(12-15)19-24-25(18-11-14(18)7-4-10-23)20(26-19)13-5-2-1-3-6-13/h1-3,5-6,8-9,12,14,18,20H,4,7,10-11,23H2. The molecule has 6 heteroatoms. The lowest BCUT2D eigenvalue weighted by atomic mass is 10.2. The van der Waals surface area contributed by atoms with Gasteiger partial charge in [-0.05, 0) is 55.5 Å². The highest BCUT2D eigenvalue weighted by atomic mass is 32.2. The molecule has 26 heavy (non-hydrogen) atoms. The minimum atomic E-state index is -0.452. The van der Waals surface area contributed by atoms with E-state index in [0.717, 1.165) is 37.0 Å². The molecule has 0 bridgehead atoms. The van der Waals surface area contributed by atoms with Crippen molar-refractivity contribution in [3.05, 3.63) is 71.3 Å². The van der Waals surface area contributed by atoms with Crippen LogP contribution in [0.3, 0.4) is 0 Å². The number of rotatable bonds is 6. The van der Waals surface area contributed by atoms with Gasteiger partial charge in [0.1, 0.15) is 22.1 Å². The molecule has 0 spiro atoms. The monoisotopic (exact) mass is 373 g/mol. The van der Waals surface area contributed by atoms with Gasteiger partial charge in [0.15, 0.2) is 0 Å². The van der Waals surface area contributed by atoms with Crippen LogP contribution in [0.15, 0.2) is 53.6 Å². The Morgan fingerprint density at radius 2 is 1.96 bits per heavy atom. The molecule has 2 aromatic rings. The SMILES string of the molecule is NCCCC1CC1N1N=C(c2cc(F)ccc2F)SC1c1ccccc1. The van der Waals surface area contributed by atoms with Gasteiger partial charge in [0.05, 0.1) is 6.04 Å². The van der Waals surface area contributed by atoms with Gasteiger partial charge in [-0.2, -0.15) is 5.10 Å². The first-order chi connectivity index (χ1) is 12.7. The fraction of sp³-hybridized carbons (Fsp3) is 0.350. The average molecular weight is 373 g/mol. The quantitative estimate of drug-likeness (QED) is 0.810. The topological polar surface area (TPSA) is 41.6 Å². The first-order valence-corrected chi connectivity index (χ1v) is 9.79.